The fourth-order valence-electron chi connectivity index (χ4n) is 3.54. The molecule has 3 atom stereocenters. The molecule has 5 nitrogen and oxygen atoms in total. The van der Waals surface area contributed by atoms with Gasteiger partial charge in [-0.15, -0.1) is 0 Å². The molecule has 3 rings (SSSR count). The summed E-state index contributed by atoms with van der Waals surface area (Å²) in [5, 5.41) is 13.6. The normalized spacial score (nSPS) is 26.9. The Hall–Kier alpha value is -2.05. The molecule has 1 amide bonds. The summed E-state index contributed by atoms with van der Waals surface area (Å²) in [7, 11) is 0. The molecule has 0 spiro atoms. The van der Waals surface area contributed by atoms with Gasteiger partial charge in [-0.25, -0.2) is 8.78 Å². The molecular weight excluding hydrogens is 282 g/mol. The first kappa shape index (κ1) is 13.9. The summed E-state index contributed by atoms with van der Waals surface area (Å²) in [6.45, 7) is 0. The monoisotopic (exact) mass is 296 g/mol. The lowest BCUT2D eigenvalue weighted by Gasteiger charge is -2.22. The molecule has 2 fully saturated rings. The van der Waals surface area contributed by atoms with E-state index in [0.717, 1.165) is 25.7 Å². The predicted octanol–water partition coefficient (Wildman–Crippen LogP) is 2.79. The van der Waals surface area contributed by atoms with Crippen LogP contribution in [-0.4, -0.2) is 16.9 Å². The Balaban J connectivity index is 1.84. The van der Waals surface area contributed by atoms with Gasteiger partial charge in [0.15, 0.2) is 11.6 Å². The van der Waals surface area contributed by atoms with Crippen LogP contribution < -0.4 is 5.32 Å². The zero-order valence-corrected chi connectivity index (χ0v) is 11.1. The van der Waals surface area contributed by atoms with Crippen LogP contribution in [0, 0.1) is 33.6 Å². The lowest BCUT2D eigenvalue weighted by molar-refractivity contribution is -0.385. The van der Waals surface area contributed by atoms with Crippen molar-refractivity contribution in [3.63, 3.8) is 0 Å². The third kappa shape index (κ3) is 2.48. The van der Waals surface area contributed by atoms with Gasteiger partial charge in [0, 0.05) is 6.04 Å². The molecule has 21 heavy (non-hydrogen) atoms. The van der Waals surface area contributed by atoms with Crippen LogP contribution >= 0.6 is 0 Å². The summed E-state index contributed by atoms with van der Waals surface area (Å²) in [4.78, 5) is 22.2. The van der Waals surface area contributed by atoms with Gasteiger partial charge in [0.25, 0.3) is 11.6 Å². The van der Waals surface area contributed by atoms with Gasteiger partial charge in [-0.2, -0.15) is 0 Å². The SMILES string of the molecule is O=C(NC1CC2CCC1C2)c1cc(F)c(F)cc1[N+](=O)[O-]. The van der Waals surface area contributed by atoms with Gasteiger partial charge in [-0.05, 0) is 37.2 Å². The van der Waals surface area contributed by atoms with Crippen molar-refractivity contribution in [3.05, 3.63) is 39.4 Å². The van der Waals surface area contributed by atoms with Gasteiger partial charge in [0.2, 0.25) is 0 Å². The maximum atomic E-state index is 13.3. The molecule has 1 N–H and O–H groups in total. The first-order chi connectivity index (χ1) is 9.95. The molecule has 2 aliphatic rings. The number of amides is 1. The smallest absolute Gasteiger partial charge is 0.285 e. The molecular formula is C14H14F2N2O3. The van der Waals surface area contributed by atoms with E-state index in [2.05, 4.69) is 5.32 Å². The van der Waals surface area contributed by atoms with Crippen molar-refractivity contribution in [2.45, 2.75) is 31.7 Å². The number of hydrogen-bond acceptors (Lipinski definition) is 3. The van der Waals surface area contributed by atoms with Crippen LogP contribution in [0.1, 0.15) is 36.0 Å². The largest absolute Gasteiger partial charge is 0.349 e. The Morgan fingerprint density at radius 1 is 1.24 bits per heavy atom. The number of nitro benzene ring substituents is 1. The molecule has 0 radical (unpaired) electrons. The number of nitrogens with zero attached hydrogens (tertiary/aromatic N) is 1. The molecule has 2 saturated carbocycles. The maximum Gasteiger partial charge on any atom is 0.285 e. The number of carbonyl (C=O) groups excluding carboxylic acids is 1. The minimum Gasteiger partial charge on any atom is -0.349 e. The third-order valence-electron chi connectivity index (χ3n) is 4.53. The first-order valence-electron chi connectivity index (χ1n) is 6.90. The number of rotatable bonds is 3. The fraction of sp³-hybridized carbons (Fsp3) is 0.500. The molecule has 2 bridgehead atoms. The molecule has 7 heteroatoms. The van der Waals surface area contributed by atoms with Crippen molar-refractivity contribution in [1.29, 1.82) is 0 Å². The van der Waals surface area contributed by atoms with Gasteiger partial charge >= 0.3 is 0 Å². The Bertz CT molecular complexity index is 620. The van der Waals surface area contributed by atoms with Crippen molar-refractivity contribution in [2.24, 2.45) is 11.8 Å². The van der Waals surface area contributed by atoms with Gasteiger partial charge in [-0.3, -0.25) is 14.9 Å². The van der Waals surface area contributed by atoms with Crippen LogP contribution in [0.3, 0.4) is 0 Å². The highest BCUT2D eigenvalue weighted by Gasteiger charge is 2.40. The standard InChI is InChI=1S/C14H14F2N2O3/c15-10-5-9(13(18(20)21)6-11(10)16)14(19)17-12-4-7-1-2-8(12)3-7/h5-8,12H,1-4H2,(H,17,19). The van der Waals surface area contributed by atoms with Crippen LogP contribution in [0.5, 0.6) is 0 Å². The highest BCUT2D eigenvalue weighted by molar-refractivity contribution is 5.98. The predicted molar refractivity (Wildman–Crippen MR) is 69.7 cm³/mol. The van der Waals surface area contributed by atoms with E-state index in [1.54, 1.807) is 0 Å². The van der Waals surface area contributed by atoms with Crippen LogP contribution in [0.15, 0.2) is 12.1 Å². The Morgan fingerprint density at radius 2 is 1.95 bits per heavy atom. The minimum absolute atomic E-state index is 0.0241. The highest BCUT2D eigenvalue weighted by Crippen LogP contribution is 2.44. The molecule has 2 aliphatic carbocycles. The first-order valence-corrected chi connectivity index (χ1v) is 6.90. The summed E-state index contributed by atoms with van der Waals surface area (Å²) < 4.78 is 26.4. The van der Waals surface area contributed by atoms with Crippen molar-refractivity contribution in [2.75, 3.05) is 0 Å². The quantitative estimate of drug-likeness (QED) is 0.688. The van der Waals surface area contributed by atoms with Crippen molar-refractivity contribution >= 4 is 11.6 Å². The summed E-state index contributed by atoms with van der Waals surface area (Å²) in [5.41, 5.74) is -1.14. The van der Waals surface area contributed by atoms with Crippen molar-refractivity contribution in [3.8, 4) is 0 Å². The number of nitrogens with one attached hydrogen (secondary N) is 1. The molecule has 3 unspecified atom stereocenters. The average Bonchev–Trinajstić information content (AvgIpc) is 3.03. The minimum atomic E-state index is -1.34. The number of hydrogen-bond donors (Lipinski definition) is 1. The summed E-state index contributed by atoms with van der Waals surface area (Å²) >= 11 is 0. The van der Waals surface area contributed by atoms with Crippen molar-refractivity contribution < 1.29 is 18.5 Å². The Labute approximate surface area is 119 Å². The lowest BCUT2D eigenvalue weighted by Crippen LogP contribution is -2.38. The summed E-state index contributed by atoms with van der Waals surface area (Å²) in [6, 6.07) is 1.02. The molecule has 0 heterocycles. The number of nitro groups is 1. The molecule has 0 aromatic heterocycles. The fourth-order valence-corrected chi connectivity index (χ4v) is 3.54. The molecule has 1 aromatic rings. The lowest BCUT2D eigenvalue weighted by atomic mass is 9.95. The van der Waals surface area contributed by atoms with Crippen LogP contribution in [0.25, 0.3) is 0 Å². The highest BCUT2D eigenvalue weighted by atomic mass is 19.2. The maximum absolute atomic E-state index is 13.3. The second-order valence-corrected chi connectivity index (χ2v) is 5.80. The Kier molecular flexibility index (Phi) is 3.35. The van der Waals surface area contributed by atoms with E-state index in [9.17, 15) is 23.7 Å². The zero-order valence-electron chi connectivity index (χ0n) is 11.1. The van der Waals surface area contributed by atoms with Crippen LogP contribution in [-0.2, 0) is 0 Å². The second kappa shape index (κ2) is 5.05. The molecule has 0 saturated heterocycles. The molecule has 0 aliphatic heterocycles. The zero-order chi connectivity index (χ0) is 15.1. The average molecular weight is 296 g/mol. The van der Waals surface area contributed by atoms with Crippen LogP contribution in [0.4, 0.5) is 14.5 Å². The molecule has 112 valence electrons. The van der Waals surface area contributed by atoms with Gasteiger partial charge in [0.1, 0.15) is 5.56 Å². The van der Waals surface area contributed by atoms with Crippen molar-refractivity contribution in [1.82, 2.24) is 5.32 Å². The van der Waals surface area contributed by atoms with E-state index in [0.29, 0.717) is 24.0 Å². The summed E-state index contributed by atoms with van der Waals surface area (Å²) in [6.07, 6.45) is 4.11. The van der Waals surface area contributed by atoms with E-state index in [4.69, 9.17) is 0 Å². The number of fused-ring (bicyclic) bond motifs is 2. The van der Waals surface area contributed by atoms with E-state index >= 15 is 0 Å². The van der Waals surface area contributed by atoms with E-state index in [1.165, 1.54) is 0 Å². The van der Waals surface area contributed by atoms with E-state index in [1.807, 2.05) is 0 Å². The number of benzene rings is 1. The van der Waals surface area contributed by atoms with Crippen LogP contribution in [0.2, 0.25) is 0 Å². The number of halogens is 2. The third-order valence-corrected chi connectivity index (χ3v) is 4.53. The molecule has 1 aromatic carbocycles. The topological polar surface area (TPSA) is 72.2 Å². The van der Waals surface area contributed by atoms with Gasteiger partial charge in [0.05, 0.1) is 11.0 Å². The second-order valence-electron chi connectivity index (χ2n) is 5.80. The number of carbonyl (C=O) groups is 1. The van der Waals surface area contributed by atoms with E-state index < -0.39 is 33.7 Å². The van der Waals surface area contributed by atoms with Gasteiger partial charge in [-0.1, -0.05) is 6.42 Å². The Morgan fingerprint density at radius 3 is 2.52 bits per heavy atom. The summed E-state index contributed by atoms with van der Waals surface area (Å²) in [5.74, 6) is -2.32. The van der Waals surface area contributed by atoms with E-state index in [-0.39, 0.29) is 6.04 Å². The van der Waals surface area contributed by atoms with Gasteiger partial charge < -0.3 is 5.32 Å².